The average Bonchev–Trinajstić information content (AvgIpc) is 3.14. The average molecular weight is 316 g/mol. The summed E-state index contributed by atoms with van der Waals surface area (Å²) in [6.45, 7) is 2.60. The number of amides is 1. The Labute approximate surface area is 132 Å². The van der Waals surface area contributed by atoms with E-state index in [0.717, 1.165) is 10.6 Å². The molecule has 1 aromatic heterocycles. The van der Waals surface area contributed by atoms with Crippen LogP contribution in [-0.4, -0.2) is 40.0 Å². The number of nitrogens with zero attached hydrogens (tertiary/aromatic N) is 2. The normalized spacial score (nSPS) is 17.7. The van der Waals surface area contributed by atoms with E-state index in [1.54, 1.807) is 4.90 Å². The van der Waals surface area contributed by atoms with Crippen LogP contribution in [0.2, 0.25) is 0 Å². The molecule has 1 N–H and O–H groups in total. The Morgan fingerprint density at radius 2 is 2.05 bits per heavy atom. The molecule has 1 amide bonds. The second-order valence-corrected chi connectivity index (χ2v) is 6.37. The zero-order chi connectivity index (χ0) is 15.7. The molecule has 1 atom stereocenters. The summed E-state index contributed by atoms with van der Waals surface area (Å²) in [5.41, 5.74) is 1.69. The summed E-state index contributed by atoms with van der Waals surface area (Å²) < 4.78 is 0. The topological polar surface area (TPSA) is 70.5 Å². The van der Waals surface area contributed by atoms with Gasteiger partial charge in [0.25, 0.3) is 5.91 Å². The van der Waals surface area contributed by atoms with Crippen LogP contribution in [0.3, 0.4) is 0 Å². The van der Waals surface area contributed by atoms with Gasteiger partial charge in [0.2, 0.25) is 0 Å². The van der Waals surface area contributed by atoms with Crippen LogP contribution in [-0.2, 0) is 4.79 Å². The zero-order valence-electron chi connectivity index (χ0n) is 12.2. The van der Waals surface area contributed by atoms with Gasteiger partial charge in [-0.2, -0.15) is 0 Å². The molecule has 0 radical (unpaired) electrons. The van der Waals surface area contributed by atoms with E-state index < -0.39 is 11.9 Å². The summed E-state index contributed by atoms with van der Waals surface area (Å²) >= 11 is 1.37. The van der Waals surface area contributed by atoms with Crippen LogP contribution >= 0.6 is 11.3 Å². The molecular weight excluding hydrogens is 300 g/mol. The predicted octanol–water partition coefficient (Wildman–Crippen LogP) is 2.67. The summed E-state index contributed by atoms with van der Waals surface area (Å²) in [7, 11) is 0. The van der Waals surface area contributed by atoms with Crippen LogP contribution < -0.4 is 0 Å². The number of thiazole rings is 1. The maximum atomic E-state index is 12.6. The molecule has 2 heterocycles. The van der Waals surface area contributed by atoms with Crippen LogP contribution in [0.5, 0.6) is 0 Å². The number of benzene rings is 1. The molecule has 114 valence electrons. The molecule has 1 aliphatic rings. The highest BCUT2D eigenvalue weighted by Crippen LogP contribution is 2.30. The lowest BCUT2D eigenvalue weighted by Crippen LogP contribution is -2.29. The van der Waals surface area contributed by atoms with Crippen molar-refractivity contribution in [1.82, 2.24) is 9.88 Å². The first kappa shape index (κ1) is 14.7. The van der Waals surface area contributed by atoms with E-state index in [1.807, 2.05) is 37.3 Å². The molecule has 0 saturated carbocycles. The van der Waals surface area contributed by atoms with Crippen molar-refractivity contribution in [2.24, 2.45) is 5.92 Å². The van der Waals surface area contributed by atoms with E-state index in [-0.39, 0.29) is 12.5 Å². The Hall–Kier alpha value is -2.21. The summed E-state index contributed by atoms with van der Waals surface area (Å²) in [5.74, 6) is -1.40. The van der Waals surface area contributed by atoms with Gasteiger partial charge in [-0.25, -0.2) is 4.98 Å². The van der Waals surface area contributed by atoms with E-state index in [1.165, 1.54) is 11.3 Å². The van der Waals surface area contributed by atoms with Crippen LogP contribution in [0.4, 0.5) is 0 Å². The van der Waals surface area contributed by atoms with Gasteiger partial charge in [0, 0.05) is 18.7 Å². The Bertz CT molecular complexity index is 711. The van der Waals surface area contributed by atoms with Crippen molar-refractivity contribution in [2.75, 3.05) is 13.1 Å². The fourth-order valence-electron chi connectivity index (χ4n) is 2.59. The van der Waals surface area contributed by atoms with Gasteiger partial charge >= 0.3 is 5.97 Å². The number of aliphatic carboxylic acids is 1. The summed E-state index contributed by atoms with van der Waals surface area (Å²) in [5, 5.41) is 9.86. The van der Waals surface area contributed by atoms with Gasteiger partial charge in [0.05, 0.1) is 11.6 Å². The zero-order valence-corrected chi connectivity index (χ0v) is 13.0. The Morgan fingerprint density at radius 3 is 2.68 bits per heavy atom. The molecule has 3 rings (SSSR count). The fourth-order valence-corrected chi connectivity index (χ4v) is 3.63. The molecule has 6 heteroatoms. The minimum absolute atomic E-state index is 0.110. The van der Waals surface area contributed by atoms with Crippen LogP contribution in [0.15, 0.2) is 30.3 Å². The van der Waals surface area contributed by atoms with E-state index >= 15 is 0 Å². The van der Waals surface area contributed by atoms with E-state index in [2.05, 4.69) is 4.98 Å². The van der Waals surface area contributed by atoms with Gasteiger partial charge in [-0.05, 0) is 13.3 Å². The number of rotatable bonds is 3. The lowest BCUT2D eigenvalue weighted by molar-refractivity contribution is -0.141. The number of carbonyl (C=O) groups excluding carboxylic acids is 1. The highest BCUT2D eigenvalue weighted by molar-refractivity contribution is 7.17. The molecule has 0 bridgehead atoms. The summed E-state index contributed by atoms with van der Waals surface area (Å²) in [4.78, 5) is 30.3. The summed E-state index contributed by atoms with van der Waals surface area (Å²) in [6.07, 6.45) is 0.518. The van der Waals surface area contributed by atoms with Crippen molar-refractivity contribution in [1.29, 1.82) is 0 Å². The molecule has 0 spiro atoms. The molecule has 1 aliphatic heterocycles. The quantitative estimate of drug-likeness (QED) is 0.945. The standard InChI is InChI=1S/C16H16N2O3S/c1-10-13(15(19)18-8-7-12(9-18)16(20)21)22-14(17-10)11-5-3-2-4-6-11/h2-6,12H,7-9H2,1H3,(H,20,21). The van der Waals surface area contributed by atoms with Gasteiger partial charge in [-0.3, -0.25) is 9.59 Å². The maximum Gasteiger partial charge on any atom is 0.308 e. The maximum absolute atomic E-state index is 12.6. The van der Waals surface area contributed by atoms with Crippen molar-refractivity contribution in [3.05, 3.63) is 40.9 Å². The number of hydrogen-bond donors (Lipinski definition) is 1. The van der Waals surface area contributed by atoms with Crippen LogP contribution in [0, 0.1) is 12.8 Å². The van der Waals surface area contributed by atoms with Crippen molar-refractivity contribution in [3.63, 3.8) is 0 Å². The van der Waals surface area contributed by atoms with Crippen molar-refractivity contribution in [2.45, 2.75) is 13.3 Å². The summed E-state index contributed by atoms with van der Waals surface area (Å²) in [6, 6.07) is 9.73. The molecule has 1 saturated heterocycles. The minimum atomic E-state index is -0.832. The van der Waals surface area contributed by atoms with E-state index in [4.69, 9.17) is 5.11 Å². The highest BCUT2D eigenvalue weighted by atomic mass is 32.1. The van der Waals surface area contributed by atoms with Crippen LogP contribution in [0.25, 0.3) is 10.6 Å². The smallest absolute Gasteiger partial charge is 0.308 e. The Balaban J connectivity index is 1.82. The molecule has 1 unspecified atom stereocenters. The van der Waals surface area contributed by atoms with E-state index in [0.29, 0.717) is 23.5 Å². The van der Waals surface area contributed by atoms with E-state index in [9.17, 15) is 9.59 Å². The number of carboxylic acids is 1. The monoisotopic (exact) mass is 316 g/mol. The predicted molar refractivity (Wildman–Crippen MR) is 83.9 cm³/mol. The highest BCUT2D eigenvalue weighted by Gasteiger charge is 2.32. The lowest BCUT2D eigenvalue weighted by Gasteiger charge is -2.14. The van der Waals surface area contributed by atoms with Crippen molar-refractivity contribution < 1.29 is 14.7 Å². The number of aromatic nitrogens is 1. The first-order valence-electron chi connectivity index (χ1n) is 7.11. The molecule has 1 fully saturated rings. The molecular formula is C16H16N2O3S. The number of likely N-dealkylation sites (tertiary alicyclic amines) is 1. The Morgan fingerprint density at radius 1 is 1.32 bits per heavy atom. The third-order valence-corrected chi connectivity index (χ3v) is 5.03. The van der Waals surface area contributed by atoms with Gasteiger partial charge in [-0.15, -0.1) is 11.3 Å². The van der Waals surface area contributed by atoms with Crippen LogP contribution in [0.1, 0.15) is 21.8 Å². The van der Waals surface area contributed by atoms with Gasteiger partial charge in [-0.1, -0.05) is 30.3 Å². The number of hydrogen-bond acceptors (Lipinski definition) is 4. The first-order chi connectivity index (χ1) is 10.6. The van der Waals surface area contributed by atoms with Gasteiger partial charge in [0.1, 0.15) is 9.88 Å². The molecule has 0 aliphatic carbocycles. The minimum Gasteiger partial charge on any atom is -0.481 e. The van der Waals surface area contributed by atoms with Gasteiger partial charge in [0.15, 0.2) is 0 Å². The largest absolute Gasteiger partial charge is 0.481 e. The Kier molecular flexibility index (Phi) is 3.94. The number of carboxylic acid groups (broad SMARTS) is 1. The van der Waals surface area contributed by atoms with Crippen molar-refractivity contribution >= 4 is 23.2 Å². The molecule has 1 aromatic carbocycles. The second kappa shape index (κ2) is 5.88. The van der Waals surface area contributed by atoms with Crippen molar-refractivity contribution in [3.8, 4) is 10.6 Å². The number of carbonyl (C=O) groups is 2. The molecule has 2 aromatic rings. The molecule has 22 heavy (non-hydrogen) atoms. The fraction of sp³-hybridized carbons (Fsp3) is 0.312. The third-order valence-electron chi connectivity index (χ3n) is 3.84. The first-order valence-corrected chi connectivity index (χ1v) is 7.93. The SMILES string of the molecule is Cc1nc(-c2ccccc2)sc1C(=O)N1CCC(C(=O)O)C1. The lowest BCUT2D eigenvalue weighted by atomic mass is 10.1. The third kappa shape index (κ3) is 2.74. The van der Waals surface area contributed by atoms with Gasteiger partial charge < -0.3 is 10.0 Å². The number of aryl methyl sites for hydroxylation is 1. The second-order valence-electron chi connectivity index (χ2n) is 5.37. The molecule has 5 nitrogen and oxygen atoms in total.